The molecule has 0 unspecified atom stereocenters. The van der Waals surface area contributed by atoms with Gasteiger partial charge in [0.1, 0.15) is 18.3 Å². The number of carbonyl (C=O) groups is 4. The number of aliphatic carboxylic acids is 1. The molecule has 0 aromatic heterocycles. The van der Waals surface area contributed by atoms with Crippen LogP contribution in [-0.4, -0.2) is 93.5 Å². The third-order valence-electron chi connectivity index (χ3n) is 12.3. The lowest BCUT2D eigenvalue weighted by atomic mass is 9.90. The molecular weight excluding hydrogens is 791 g/mol. The molecule has 0 spiro atoms. The highest BCUT2D eigenvalue weighted by molar-refractivity contribution is 5.77. The first-order chi connectivity index (χ1) is 30.1. The first-order valence-corrected chi connectivity index (χ1v) is 25.6. The third-order valence-corrected chi connectivity index (χ3v) is 12.3. The first kappa shape index (κ1) is 57.7. The van der Waals surface area contributed by atoms with Crippen LogP contribution in [0.4, 0.5) is 0 Å². The predicted octanol–water partition coefficient (Wildman–Crippen LogP) is 10.6. The number of aliphatic hydroxyl groups excluding tert-OH is 3. The fourth-order valence-corrected chi connectivity index (χ4v) is 8.54. The Kier molecular flexibility index (Phi) is 36.4. The van der Waals surface area contributed by atoms with E-state index in [0.29, 0.717) is 19.3 Å². The van der Waals surface area contributed by atoms with Crippen LogP contribution >= 0.6 is 0 Å². The fourth-order valence-electron chi connectivity index (χ4n) is 8.54. The van der Waals surface area contributed by atoms with E-state index in [1.807, 2.05) is 0 Å². The molecule has 0 radical (unpaired) electrons. The predicted molar refractivity (Wildman–Crippen MR) is 246 cm³/mol. The second-order valence-electron chi connectivity index (χ2n) is 18.2. The molecule has 0 aromatic rings. The summed E-state index contributed by atoms with van der Waals surface area (Å²) in [6.07, 6.45) is 25.6. The maximum atomic E-state index is 13.7. The Hall–Kier alpha value is -2.28. The number of nitrogens with one attached hydrogen (secondary N) is 1. The molecule has 0 saturated carbocycles. The molecule has 12 heteroatoms. The summed E-state index contributed by atoms with van der Waals surface area (Å²) < 4.78 is 17.5. The van der Waals surface area contributed by atoms with Crippen molar-refractivity contribution in [3.63, 3.8) is 0 Å². The number of hydrogen-bond donors (Lipinski definition) is 5. The minimum Gasteiger partial charge on any atom is -0.481 e. The van der Waals surface area contributed by atoms with Gasteiger partial charge in [-0.15, -0.1) is 0 Å². The van der Waals surface area contributed by atoms with Crippen LogP contribution in [0.3, 0.4) is 0 Å². The highest BCUT2D eigenvalue weighted by Gasteiger charge is 2.48. The average Bonchev–Trinajstić information content (AvgIpc) is 3.23. The van der Waals surface area contributed by atoms with Gasteiger partial charge in [-0.05, 0) is 25.7 Å². The van der Waals surface area contributed by atoms with Gasteiger partial charge in [0, 0.05) is 6.42 Å². The standard InChI is InChI=1S/C50H93NO11/c1-4-7-10-13-16-19-20-23-26-29-32-35-46(57)60-41(34-31-28-25-22-18-15-12-9-6-3)37-47(58)62-50-48(42(38-45(55)56)61-43(39-52)49(50)59)51-44(54)36-40(53)33-30-27-24-21-17-14-11-8-5-2/h40-43,48-50,52-53,59H,4-39H2,1-3H3,(H,51,54)(H,55,56)/t40-,41-,42+,43+,48+,49-,50-/m1/s1. The van der Waals surface area contributed by atoms with Crippen molar-refractivity contribution in [2.45, 2.75) is 288 Å². The zero-order valence-electron chi connectivity index (χ0n) is 39.6. The highest BCUT2D eigenvalue weighted by atomic mass is 16.6. The fraction of sp³-hybridized carbons (Fsp3) is 0.920. The zero-order valence-corrected chi connectivity index (χ0v) is 39.6. The van der Waals surface area contributed by atoms with Crippen LogP contribution in [0.25, 0.3) is 0 Å². The van der Waals surface area contributed by atoms with Gasteiger partial charge >= 0.3 is 17.9 Å². The average molecular weight is 884 g/mol. The lowest BCUT2D eigenvalue weighted by Crippen LogP contribution is -2.65. The van der Waals surface area contributed by atoms with Crippen molar-refractivity contribution in [3.05, 3.63) is 0 Å². The Bertz CT molecular complexity index is 1120. The Morgan fingerprint density at radius 1 is 0.581 bits per heavy atom. The SMILES string of the molecule is CCCCCCCCCCCCCC(=O)O[C@H](CCCCCCCCCCC)CC(=O)O[C@H]1[C@H](O)[C@H](CO)O[C@@H](CC(=O)O)[C@@H]1NC(=O)C[C@H](O)CCCCCCCCCCC. The number of carbonyl (C=O) groups excluding carboxylic acids is 3. The van der Waals surface area contributed by atoms with E-state index in [2.05, 4.69) is 26.1 Å². The van der Waals surface area contributed by atoms with Crippen LogP contribution in [0.15, 0.2) is 0 Å². The minimum absolute atomic E-state index is 0.257. The van der Waals surface area contributed by atoms with E-state index in [0.717, 1.165) is 70.6 Å². The van der Waals surface area contributed by atoms with Gasteiger partial charge in [0.15, 0.2) is 6.10 Å². The number of amides is 1. The highest BCUT2D eigenvalue weighted by Crippen LogP contribution is 2.27. The second-order valence-corrected chi connectivity index (χ2v) is 18.2. The first-order valence-electron chi connectivity index (χ1n) is 25.6. The Morgan fingerprint density at radius 3 is 1.47 bits per heavy atom. The van der Waals surface area contributed by atoms with Crippen molar-refractivity contribution in [1.29, 1.82) is 0 Å². The number of aliphatic hydroxyl groups is 3. The Balaban J connectivity index is 2.88. The van der Waals surface area contributed by atoms with E-state index < -0.39 is 73.5 Å². The van der Waals surface area contributed by atoms with Gasteiger partial charge < -0.3 is 40.0 Å². The van der Waals surface area contributed by atoms with E-state index in [1.54, 1.807) is 0 Å². The quantitative estimate of drug-likeness (QED) is 0.0290. The second kappa shape index (κ2) is 39.1. The molecule has 1 heterocycles. The molecule has 12 nitrogen and oxygen atoms in total. The number of ether oxygens (including phenoxy) is 3. The summed E-state index contributed by atoms with van der Waals surface area (Å²) in [7, 11) is 0. The van der Waals surface area contributed by atoms with Crippen LogP contribution in [0.2, 0.25) is 0 Å². The van der Waals surface area contributed by atoms with Gasteiger partial charge in [-0.25, -0.2) is 0 Å². The molecular formula is C50H93NO11. The Morgan fingerprint density at radius 2 is 1.02 bits per heavy atom. The van der Waals surface area contributed by atoms with Crippen molar-refractivity contribution >= 4 is 23.8 Å². The summed E-state index contributed by atoms with van der Waals surface area (Å²) in [5.41, 5.74) is 0. The van der Waals surface area contributed by atoms with Crippen molar-refractivity contribution in [1.82, 2.24) is 5.32 Å². The van der Waals surface area contributed by atoms with E-state index in [9.17, 15) is 39.6 Å². The van der Waals surface area contributed by atoms with Crippen molar-refractivity contribution < 1.29 is 53.8 Å². The largest absolute Gasteiger partial charge is 0.481 e. The zero-order chi connectivity index (χ0) is 45.6. The van der Waals surface area contributed by atoms with E-state index >= 15 is 0 Å². The maximum Gasteiger partial charge on any atom is 0.310 e. The molecule has 364 valence electrons. The summed E-state index contributed by atoms with van der Waals surface area (Å²) in [4.78, 5) is 51.9. The van der Waals surface area contributed by atoms with Crippen LogP contribution in [0.5, 0.6) is 0 Å². The number of unbranched alkanes of at least 4 members (excludes halogenated alkanes) is 26. The maximum absolute atomic E-state index is 13.7. The molecule has 1 rings (SSSR count). The number of carboxylic acids is 1. The van der Waals surface area contributed by atoms with Gasteiger partial charge in [0.05, 0.1) is 44.1 Å². The lowest BCUT2D eigenvalue weighted by molar-refractivity contribution is -0.214. The summed E-state index contributed by atoms with van der Waals surface area (Å²) in [5, 5.41) is 44.3. The smallest absolute Gasteiger partial charge is 0.310 e. The molecule has 5 N–H and O–H groups in total. The molecule has 0 bridgehead atoms. The molecule has 7 atom stereocenters. The normalized spacial score (nSPS) is 19.8. The van der Waals surface area contributed by atoms with Crippen LogP contribution in [0, 0.1) is 0 Å². The molecule has 1 amide bonds. The lowest BCUT2D eigenvalue weighted by Gasteiger charge is -2.44. The summed E-state index contributed by atoms with van der Waals surface area (Å²) >= 11 is 0. The van der Waals surface area contributed by atoms with E-state index in [-0.39, 0.29) is 25.2 Å². The van der Waals surface area contributed by atoms with E-state index in [4.69, 9.17) is 14.2 Å². The van der Waals surface area contributed by atoms with Crippen molar-refractivity contribution in [3.8, 4) is 0 Å². The van der Waals surface area contributed by atoms with Crippen molar-refractivity contribution in [2.75, 3.05) is 6.61 Å². The third kappa shape index (κ3) is 30.0. The van der Waals surface area contributed by atoms with Crippen LogP contribution < -0.4 is 5.32 Å². The molecule has 1 saturated heterocycles. The van der Waals surface area contributed by atoms with Crippen LogP contribution in [0.1, 0.15) is 245 Å². The van der Waals surface area contributed by atoms with Gasteiger partial charge in [-0.3, -0.25) is 19.2 Å². The van der Waals surface area contributed by atoms with Gasteiger partial charge in [-0.2, -0.15) is 0 Å². The molecule has 0 aromatic carbocycles. The molecule has 1 aliphatic heterocycles. The number of esters is 2. The van der Waals surface area contributed by atoms with Crippen LogP contribution in [-0.2, 0) is 33.4 Å². The number of carboxylic acid groups (broad SMARTS) is 1. The molecule has 1 fully saturated rings. The topological polar surface area (TPSA) is 189 Å². The summed E-state index contributed by atoms with van der Waals surface area (Å²) in [6, 6.07) is -1.28. The summed E-state index contributed by atoms with van der Waals surface area (Å²) in [5.74, 6) is -3.00. The molecule has 1 aliphatic rings. The summed E-state index contributed by atoms with van der Waals surface area (Å²) in [6.45, 7) is 5.95. The van der Waals surface area contributed by atoms with Gasteiger partial charge in [0.2, 0.25) is 5.91 Å². The monoisotopic (exact) mass is 884 g/mol. The number of hydrogen-bond acceptors (Lipinski definition) is 10. The molecule has 0 aliphatic carbocycles. The molecule has 62 heavy (non-hydrogen) atoms. The van der Waals surface area contributed by atoms with Crippen molar-refractivity contribution in [2.24, 2.45) is 0 Å². The Labute approximate surface area is 376 Å². The number of rotatable bonds is 42. The van der Waals surface area contributed by atoms with Gasteiger partial charge in [-0.1, -0.05) is 194 Å². The van der Waals surface area contributed by atoms with E-state index in [1.165, 1.54) is 109 Å². The minimum atomic E-state index is -1.59. The van der Waals surface area contributed by atoms with Gasteiger partial charge in [0.25, 0.3) is 0 Å².